The summed E-state index contributed by atoms with van der Waals surface area (Å²) in [7, 11) is 0. The van der Waals surface area contributed by atoms with Crippen LogP contribution in [0.1, 0.15) is 25.8 Å². The van der Waals surface area contributed by atoms with Crippen molar-refractivity contribution in [3.8, 4) is 0 Å². The lowest BCUT2D eigenvalue weighted by atomic mass is 10.1. The molecule has 106 valence electrons. The highest BCUT2D eigenvalue weighted by Gasteiger charge is 2.11. The van der Waals surface area contributed by atoms with Gasteiger partial charge in [0.15, 0.2) is 0 Å². The predicted octanol–water partition coefficient (Wildman–Crippen LogP) is 2.09. The van der Waals surface area contributed by atoms with Crippen LogP contribution in [0.5, 0.6) is 0 Å². The Hall–Kier alpha value is -1.55. The number of likely N-dealkylation sites (N-methyl/N-ethyl adjacent to an activating group) is 1. The Kier molecular flexibility index (Phi) is 6.97. The van der Waals surface area contributed by atoms with Crippen molar-refractivity contribution in [3.05, 3.63) is 29.8 Å². The number of hydrogen-bond donors (Lipinski definition) is 1. The molecule has 0 saturated heterocycles. The Bertz CT molecular complexity index is 393. The molecule has 0 aromatic heterocycles. The number of nitrogens with two attached hydrogens (primary N) is 1. The maximum Gasteiger partial charge on any atom is 0.222 e. The smallest absolute Gasteiger partial charge is 0.222 e. The lowest BCUT2D eigenvalue weighted by Gasteiger charge is -2.20. The first kappa shape index (κ1) is 15.5. The van der Waals surface area contributed by atoms with Gasteiger partial charge < -0.3 is 15.4 Å². The Labute approximate surface area is 115 Å². The Balaban J connectivity index is 2.42. The highest BCUT2D eigenvalue weighted by molar-refractivity contribution is 5.76. The van der Waals surface area contributed by atoms with Gasteiger partial charge in [0.05, 0.1) is 6.61 Å². The first-order chi connectivity index (χ1) is 9.19. The molecular weight excluding hydrogens is 240 g/mol. The van der Waals surface area contributed by atoms with Crippen LogP contribution in [-0.2, 0) is 16.0 Å². The molecular formula is C15H24N2O2. The van der Waals surface area contributed by atoms with Gasteiger partial charge in [0.25, 0.3) is 0 Å². The maximum atomic E-state index is 12.1. The van der Waals surface area contributed by atoms with Crippen molar-refractivity contribution in [2.45, 2.75) is 26.7 Å². The zero-order valence-electron chi connectivity index (χ0n) is 11.9. The first-order valence-corrected chi connectivity index (χ1v) is 6.87. The van der Waals surface area contributed by atoms with E-state index in [-0.39, 0.29) is 5.91 Å². The molecule has 0 aliphatic heterocycles. The maximum absolute atomic E-state index is 12.1. The molecule has 1 amide bonds. The van der Waals surface area contributed by atoms with Gasteiger partial charge in [-0.15, -0.1) is 0 Å². The average Bonchev–Trinajstić information content (AvgIpc) is 2.42. The first-order valence-electron chi connectivity index (χ1n) is 6.87. The molecule has 0 unspecified atom stereocenters. The molecule has 0 atom stereocenters. The topological polar surface area (TPSA) is 55.6 Å². The van der Waals surface area contributed by atoms with Gasteiger partial charge >= 0.3 is 0 Å². The summed E-state index contributed by atoms with van der Waals surface area (Å²) in [5.41, 5.74) is 7.66. The van der Waals surface area contributed by atoms with E-state index in [9.17, 15) is 4.79 Å². The van der Waals surface area contributed by atoms with E-state index < -0.39 is 0 Å². The molecule has 19 heavy (non-hydrogen) atoms. The van der Waals surface area contributed by atoms with E-state index in [0.29, 0.717) is 32.6 Å². The number of amides is 1. The van der Waals surface area contributed by atoms with Gasteiger partial charge in [-0.2, -0.15) is 0 Å². The van der Waals surface area contributed by atoms with E-state index >= 15 is 0 Å². The SMILES string of the molecule is CCOCCN(CC)C(=O)CCc1ccccc1N. The second-order valence-electron chi connectivity index (χ2n) is 4.37. The van der Waals surface area contributed by atoms with E-state index in [0.717, 1.165) is 17.8 Å². The summed E-state index contributed by atoms with van der Waals surface area (Å²) in [6.07, 6.45) is 1.19. The standard InChI is InChI=1S/C15H24N2O2/c1-3-17(11-12-19-4-2)15(18)10-9-13-7-5-6-8-14(13)16/h5-8H,3-4,9-12,16H2,1-2H3. The van der Waals surface area contributed by atoms with E-state index in [1.165, 1.54) is 0 Å². The number of nitrogen functional groups attached to an aromatic ring is 1. The molecule has 1 aromatic rings. The predicted molar refractivity (Wildman–Crippen MR) is 77.9 cm³/mol. The van der Waals surface area contributed by atoms with Crippen LogP contribution in [0.3, 0.4) is 0 Å². The summed E-state index contributed by atoms with van der Waals surface area (Å²) in [6, 6.07) is 7.69. The molecule has 0 radical (unpaired) electrons. The fourth-order valence-corrected chi connectivity index (χ4v) is 1.94. The number of nitrogens with zero attached hydrogens (tertiary/aromatic N) is 1. The van der Waals surface area contributed by atoms with Gasteiger partial charge in [0.2, 0.25) is 5.91 Å². The van der Waals surface area contributed by atoms with Gasteiger partial charge in [0.1, 0.15) is 0 Å². The lowest BCUT2D eigenvalue weighted by molar-refractivity contribution is -0.131. The highest BCUT2D eigenvalue weighted by Crippen LogP contribution is 2.13. The van der Waals surface area contributed by atoms with Gasteiger partial charge in [-0.25, -0.2) is 0 Å². The quantitative estimate of drug-likeness (QED) is 0.578. The van der Waals surface area contributed by atoms with E-state index in [2.05, 4.69) is 0 Å². The number of ether oxygens (including phenoxy) is 1. The third kappa shape index (κ3) is 5.30. The fraction of sp³-hybridized carbons (Fsp3) is 0.533. The Morgan fingerprint density at radius 3 is 2.68 bits per heavy atom. The highest BCUT2D eigenvalue weighted by atomic mass is 16.5. The lowest BCUT2D eigenvalue weighted by Crippen LogP contribution is -2.34. The fourth-order valence-electron chi connectivity index (χ4n) is 1.94. The normalized spacial score (nSPS) is 10.4. The van der Waals surface area contributed by atoms with Crippen LogP contribution in [0.4, 0.5) is 5.69 Å². The molecule has 4 heteroatoms. The summed E-state index contributed by atoms with van der Waals surface area (Å²) in [5, 5.41) is 0. The minimum absolute atomic E-state index is 0.158. The van der Waals surface area contributed by atoms with E-state index in [1.807, 2.05) is 43.0 Å². The molecule has 0 aliphatic rings. The monoisotopic (exact) mass is 264 g/mol. The summed E-state index contributed by atoms with van der Waals surface area (Å²) in [5.74, 6) is 0.158. The summed E-state index contributed by atoms with van der Waals surface area (Å²) in [6.45, 7) is 6.61. The summed E-state index contributed by atoms with van der Waals surface area (Å²) >= 11 is 0. The molecule has 2 N–H and O–H groups in total. The van der Waals surface area contributed by atoms with Crippen molar-refractivity contribution in [3.63, 3.8) is 0 Å². The second-order valence-corrected chi connectivity index (χ2v) is 4.37. The van der Waals surface area contributed by atoms with E-state index in [4.69, 9.17) is 10.5 Å². The van der Waals surface area contributed by atoms with Crippen molar-refractivity contribution < 1.29 is 9.53 Å². The number of benzene rings is 1. The number of aryl methyl sites for hydroxylation is 1. The minimum atomic E-state index is 0.158. The Morgan fingerprint density at radius 2 is 2.05 bits per heavy atom. The molecule has 0 fully saturated rings. The zero-order chi connectivity index (χ0) is 14.1. The molecule has 0 saturated carbocycles. The zero-order valence-corrected chi connectivity index (χ0v) is 11.9. The number of rotatable bonds is 8. The van der Waals surface area contributed by atoms with Crippen LogP contribution < -0.4 is 5.73 Å². The molecule has 0 aliphatic carbocycles. The molecule has 4 nitrogen and oxygen atoms in total. The summed E-state index contributed by atoms with van der Waals surface area (Å²) in [4.78, 5) is 13.9. The largest absolute Gasteiger partial charge is 0.399 e. The van der Waals surface area contributed by atoms with Crippen molar-refractivity contribution in [2.75, 3.05) is 32.0 Å². The second kappa shape index (κ2) is 8.53. The molecule has 0 spiro atoms. The number of anilines is 1. The number of carbonyl (C=O) groups excluding carboxylic acids is 1. The van der Waals surface area contributed by atoms with Crippen LogP contribution in [0.15, 0.2) is 24.3 Å². The molecule has 1 aromatic carbocycles. The van der Waals surface area contributed by atoms with Gasteiger partial charge in [0, 0.05) is 31.8 Å². The van der Waals surface area contributed by atoms with Crippen LogP contribution in [0, 0.1) is 0 Å². The molecule has 0 heterocycles. The van der Waals surface area contributed by atoms with Crippen LogP contribution in [0.25, 0.3) is 0 Å². The minimum Gasteiger partial charge on any atom is -0.399 e. The third-order valence-electron chi connectivity index (χ3n) is 3.11. The molecule has 0 bridgehead atoms. The van der Waals surface area contributed by atoms with Crippen molar-refractivity contribution >= 4 is 11.6 Å². The van der Waals surface area contributed by atoms with Crippen LogP contribution in [-0.4, -0.2) is 37.1 Å². The van der Waals surface area contributed by atoms with Gasteiger partial charge in [-0.05, 0) is 31.9 Å². The van der Waals surface area contributed by atoms with E-state index in [1.54, 1.807) is 0 Å². The Morgan fingerprint density at radius 1 is 1.32 bits per heavy atom. The van der Waals surface area contributed by atoms with Crippen LogP contribution in [0.2, 0.25) is 0 Å². The van der Waals surface area contributed by atoms with Crippen molar-refractivity contribution in [1.29, 1.82) is 0 Å². The average molecular weight is 264 g/mol. The number of para-hydroxylation sites is 1. The third-order valence-corrected chi connectivity index (χ3v) is 3.11. The summed E-state index contributed by atoms with van der Waals surface area (Å²) < 4.78 is 5.28. The van der Waals surface area contributed by atoms with Gasteiger partial charge in [-0.3, -0.25) is 4.79 Å². The number of hydrogen-bond acceptors (Lipinski definition) is 3. The van der Waals surface area contributed by atoms with Crippen LogP contribution >= 0.6 is 0 Å². The molecule has 1 rings (SSSR count). The van der Waals surface area contributed by atoms with Crippen molar-refractivity contribution in [1.82, 2.24) is 4.90 Å². The van der Waals surface area contributed by atoms with Gasteiger partial charge in [-0.1, -0.05) is 18.2 Å². The van der Waals surface area contributed by atoms with Crippen molar-refractivity contribution in [2.24, 2.45) is 0 Å². The number of carbonyl (C=O) groups is 1.